The molecule has 0 amide bonds. The number of aromatic nitrogens is 3. The summed E-state index contributed by atoms with van der Waals surface area (Å²) in [6, 6.07) is 0. The quantitative estimate of drug-likeness (QED) is 0.589. The maximum atomic E-state index is 5.65. The van der Waals surface area contributed by atoms with E-state index in [1.165, 1.54) is 0 Å². The molecule has 2 aromatic heterocycles. The van der Waals surface area contributed by atoms with Gasteiger partial charge in [0.05, 0.1) is 6.20 Å². The molecule has 0 spiro atoms. The van der Waals surface area contributed by atoms with Gasteiger partial charge in [0.2, 0.25) is 5.28 Å². The van der Waals surface area contributed by atoms with E-state index in [2.05, 4.69) is 21.9 Å². The van der Waals surface area contributed by atoms with E-state index in [0.717, 1.165) is 20.4 Å². The van der Waals surface area contributed by atoms with Crippen molar-refractivity contribution < 1.29 is 0 Å². The first-order valence-corrected chi connectivity index (χ1v) is 5.89. The van der Waals surface area contributed by atoms with Crippen molar-refractivity contribution in [3.05, 3.63) is 11.5 Å². The molecule has 2 rings (SSSR count). The summed E-state index contributed by atoms with van der Waals surface area (Å²) in [4.78, 5) is 13.1. The number of rotatable bonds is 2. The third kappa shape index (κ3) is 1.92. The minimum atomic E-state index is 0.282. The average molecular weight is 232 g/mol. The molecule has 0 bridgehead atoms. The highest BCUT2D eigenvalue weighted by Gasteiger charge is 2.05. The molecule has 0 radical (unpaired) electrons. The predicted octanol–water partition coefficient (Wildman–Crippen LogP) is 2.85. The Kier molecular flexibility index (Phi) is 2.66. The van der Waals surface area contributed by atoms with Crippen molar-refractivity contribution in [3.63, 3.8) is 0 Å². The molecular weight excluding hydrogens is 226 g/mol. The van der Waals surface area contributed by atoms with Crippen LogP contribution in [0.25, 0.3) is 10.3 Å². The van der Waals surface area contributed by atoms with E-state index in [4.69, 9.17) is 11.6 Å². The molecule has 0 saturated heterocycles. The van der Waals surface area contributed by atoms with Gasteiger partial charge in [-0.05, 0) is 17.4 Å². The van der Waals surface area contributed by atoms with Gasteiger partial charge in [0.25, 0.3) is 0 Å². The molecular formula is C7H6ClN3S2. The lowest BCUT2D eigenvalue weighted by Crippen LogP contribution is -1.79. The largest absolute Gasteiger partial charge is 0.226 e. The number of halogens is 1. The maximum Gasteiger partial charge on any atom is 0.223 e. The zero-order valence-corrected chi connectivity index (χ0v) is 9.21. The van der Waals surface area contributed by atoms with Gasteiger partial charge in [-0.15, -0.1) is 0 Å². The third-order valence-electron chi connectivity index (χ3n) is 1.37. The molecule has 0 saturated carbocycles. The van der Waals surface area contributed by atoms with Crippen molar-refractivity contribution in [2.75, 3.05) is 5.75 Å². The van der Waals surface area contributed by atoms with Crippen molar-refractivity contribution in [2.45, 2.75) is 11.3 Å². The average Bonchev–Trinajstić information content (AvgIpc) is 2.46. The Labute approximate surface area is 88.6 Å². The van der Waals surface area contributed by atoms with Gasteiger partial charge < -0.3 is 0 Å². The van der Waals surface area contributed by atoms with E-state index in [1.54, 1.807) is 29.3 Å². The summed E-state index contributed by atoms with van der Waals surface area (Å²) in [7, 11) is 0. The van der Waals surface area contributed by atoms with Crippen molar-refractivity contribution >= 4 is 45.0 Å². The molecule has 0 aliphatic rings. The number of hydrogen-bond donors (Lipinski definition) is 0. The van der Waals surface area contributed by atoms with Gasteiger partial charge in [-0.1, -0.05) is 30.0 Å². The van der Waals surface area contributed by atoms with Gasteiger partial charge in [0, 0.05) is 0 Å². The Morgan fingerprint density at radius 1 is 1.54 bits per heavy atom. The van der Waals surface area contributed by atoms with Crippen LogP contribution < -0.4 is 0 Å². The van der Waals surface area contributed by atoms with Crippen LogP contribution in [-0.4, -0.2) is 20.7 Å². The number of nitrogens with zero attached hydrogens (tertiary/aromatic N) is 3. The molecule has 2 heterocycles. The van der Waals surface area contributed by atoms with E-state index in [0.29, 0.717) is 0 Å². The van der Waals surface area contributed by atoms with Gasteiger partial charge >= 0.3 is 0 Å². The van der Waals surface area contributed by atoms with Crippen molar-refractivity contribution in [3.8, 4) is 0 Å². The fourth-order valence-electron chi connectivity index (χ4n) is 0.880. The predicted molar refractivity (Wildman–Crippen MR) is 56.6 cm³/mol. The van der Waals surface area contributed by atoms with Crippen LogP contribution in [0.15, 0.2) is 10.5 Å². The Hall–Kier alpha value is -0.390. The molecule has 0 N–H and O–H groups in total. The molecule has 0 aromatic carbocycles. The molecule has 2 aromatic rings. The van der Waals surface area contributed by atoms with Crippen LogP contribution in [0.2, 0.25) is 5.28 Å². The van der Waals surface area contributed by atoms with Gasteiger partial charge in [0.15, 0.2) is 4.34 Å². The smallest absolute Gasteiger partial charge is 0.223 e. The monoisotopic (exact) mass is 231 g/mol. The summed E-state index contributed by atoms with van der Waals surface area (Å²) < 4.78 is 1.02. The number of thioether (sulfide) groups is 1. The van der Waals surface area contributed by atoms with Crippen LogP contribution in [0.1, 0.15) is 6.92 Å². The first-order chi connectivity index (χ1) is 6.29. The molecule has 0 fully saturated rings. The summed E-state index contributed by atoms with van der Waals surface area (Å²) >= 11 is 8.91. The van der Waals surface area contributed by atoms with Gasteiger partial charge in [-0.3, -0.25) is 0 Å². The Balaban J connectivity index is 2.49. The van der Waals surface area contributed by atoms with Crippen LogP contribution in [0.5, 0.6) is 0 Å². The first kappa shape index (κ1) is 9.18. The van der Waals surface area contributed by atoms with E-state index in [9.17, 15) is 0 Å². The van der Waals surface area contributed by atoms with Crippen LogP contribution in [0.4, 0.5) is 0 Å². The summed E-state index contributed by atoms with van der Waals surface area (Å²) in [5.41, 5.74) is 0.824. The highest BCUT2D eigenvalue weighted by molar-refractivity contribution is 8.01. The highest BCUT2D eigenvalue weighted by Crippen LogP contribution is 2.27. The molecule has 13 heavy (non-hydrogen) atoms. The van der Waals surface area contributed by atoms with Gasteiger partial charge in [0.1, 0.15) is 10.3 Å². The van der Waals surface area contributed by atoms with E-state index in [1.807, 2.05) is 0 Å². The molecule has 0 atom stereocenters. The summed E-state index contributed by atoms with van der Waals surface area (Å²) in [5.74, 6) is 1.01. The molecule has 0 aliphatic carbocycles. The van der Waals surface area contributed by atoms with E-state index in [-0.39, 0.29) is 5.28 Å². The van der Waals surface area contributed by atoms with Gasteiger partial charge in [-0.25, -0.2) is 15.0 Å². The molecule has 3 nitrogen and oxygen atoms in total. The number of fused-ring (bicyclic) bond motifs is 1. The van der Waals surface area contributed by atoms with Crippen LogP contribution >= 0.6 is 34.7 Å². The van der Waals surface area contributed by atoms with Crippen molar-refractivity contribution in [2.24, 2.45) is 0 Å². The molecule has 68 valence electrons. The van der Waals surface area contributed by atoms with Crippen LogP contribution in [-0.2, 0) is 0 Å². The van der Waals surface area contributed by atoms with Crippen LogP contribution in [0.3, 0.4) is 0 Å². The lowest BCUT2D eigenvalue weighted by Gasteiger charge is -1.85. The third-order valence-corrected chi connectivity index (χ3v) is 3.54. The van der Waals surface area contributed by atoms with E-state index < -0.39 is 0 Å². The van der Waals surface area contributed by atoms with Crippen molar-refractivity contribution in [1.82, 2.24) is 15.0 Å². The van der Waals surface area contributed by atoms with E-state index >= 15 is 0 Å². The molecule has 0 aliphatic heterocycles. The number of thiazole rings is 1. The minimum Gasteiger partial charge on any atom is -0.226 e. The highest BCUT2D eigenvalue weighted by atomic mass is 35.5. The Morgan fingerprint density at radius 3 is 3.15 bits per heavy atom. The lowest BCUT2D eigenvalue weighted by molar-refractivity contribution is 1.20. The summed E-state index contributed by atoms with van der Waals surface area (Å²) in [6.07, 6.45) is 1.65. The fourth-order valence-corrected chi connectivity index (χ4v) is 2.94. The molecule has 0 unspecified atom stereocenters. The summed E-state index contributed by atoms with van der Waals surface area (Å²) in [5, 5.41) is 0.282. The zero-order valence-electron chi connectivity index (χ0n) is 6.82. The summed E-state index contributed by atoms with van der Waals surface area (Å²) in [6.45, 7) is 2.09. The van der Waals surface area contributed by atoms with Crippen LogP contribution in [0, 0.1) is 0 Å². The second kappa shape index (κ2) is 3.77. The fraction of sp³-hybridized carbons (Fsp3) is 0.286. The second-order valence-corrected chi connectivity index (χ2v) is 5.07. The Morgan fingerprint density at radius 2 is 2.38 bits per heavy atom. The topological polar surface area (TPSA) is 38.7 Å². The minimum absolute atomic E-state index is 0.282. The van der Waals surface area contributed by atoms with Gasteiger partial charge in [-0.2, -0.15) is 0 Å². The second-order valence-electron chi connectivity index (χ2n) is 2.24. The lowest BCUT2D eigenvalue weighted by atomic mass is 10.6. The Bertz CT molecular complexity index is 429. The maximum absolute atomic E-state index is 5.65. The first-order valence-electron chi connectivity index (χ1n) is 3.71. The number of hydrogen-bond acceptors (Lipinski definition) is 5. The SMILES string of the molecule is CCSc1nc2cnc(Cl)nc2s1. The normalized spacial score (nSPS) is 10.9. The molecule has 6 heteroatoms. The standard InChI is InChI=1S/C7H6ClN3S2/c1-2-12-7-10-4-3-9-6(8)11-5(4)13-7/h3H,2H2,1H3. The zero-order chi connectivity index (χ0) is 9.26. The van der Waals surface area contributed by atoms with Crippen molar-refractivity contribution in [1.29, 1.82) is 0 Å².